The van der Waals surface area contributed by atoms with Crippen molar-refractivity contribution in [2.24, 2.45) is 0 Å². The molecule has 1 saturated carbocycles. The monoisotopic (exact) mass is 459 g/mol. The number of benzene rings is 1. The zero-order chi connectivity index (χ0) is 22.4. The molecule has 1 aliphatic heterocycles. The molecule has 2 aliphatic rings. The molecule has 8 nitrogen and oxygen atoms in total. The zero-order valence-corrected chi connectivity index (χ0v) is 19.3. The quantitative estimate of drug-likeness (QED) is 0.492. The summed E-state index contributed by atoms with van der Waals surface area (Å²) >= 11 is 1.64. The Morgan fingerprint density at radius 2 is 1.85 bits per heavy atom. The van der Waals surface area contributed by atoms with E-state index in [1.807, 2.05) is 39.1 Å². The van der Waals surface area contributed by atoms with E-state index in [-0.39, 0.29) is 5.91 Å². The molecule has 6 rings (SSSR count). The van der Waals surface area contributed by atoms with Crippen molar-refractivity contribution >= 4 is 34.2 Å². The predicted molar refractivity (Wildman–Crippen MR) is 130 cm³/mol. The number of rotatable bonds is 5. The maximum Gasteiger partial charge on any atom is 0.253 e. The van der Waals surface area contributed by atoms with Crippen LogP contribution in [0.1, 0.15) is 23.2 Å². The standard InChI is InChI=1S/C24H25N7OS/c1-29-9-11-30(12-10-29)24(32)17-4-2-16(3-5-17)21-27-22(26-18-6-7-18)20-23(28-21)31(15-25-20)19-8-13-33-14-19/h2-5,8,13-15,18H,6-7,9-12H2,1H3,(H,26,27,28). The number of thiophene rings is 1. The van der Waals surface area contributed by atoms with Gasteiger partial charge < -0.3 is 15.1 Å². The summed E-state index contributed by atoms with van der Waals surface area (Å²) in [4.78, 5) is 31.4. The molecule has 0 spiro atoms. The number of carbonyl (C=O) groups excluding carboxylic acids is 1. The van der Waals surface area contributed by atoms with Crippen LogP contribution in [-0.4, -0.2) is 74.5 Å². The van der Waals surface area contributed by atoms with Crippen molar-refractivity contribution in [2.45, 2.75) is 18.9 Å². The van der Waals surface area contributed by atoms with Gasteiger partial charge in [-0.15, -0.1) is 0 Å². The van der Waals surface area contributed by atoms with Crippen LogP contribution in [0, 0.1) is 0 Å². The van der Waals surface area contributed by atoms with Crippen LogP contribution in [-0.2, 0) is 0 Å². The molecule has 0 radical (unpaired) electrons. The topological polar surface area (TPSA) is 79.2 Å². The van der Waals surface area contributed by atoms with Gasteiger partial charge >= 0.3 is 0 Å². The Morgan fingerprint density at radius 1 is 1.06 bits per heavy atom. The number of anilines is 1. The third kappa shape index (κ3) is 3.98. The first kappa shape index (κ1) is 20.3. The van der Waals surface area contributed by atoms with E-state index in [0.717, 1.165) is 67.3 Å². The van der Waals surface area contributed by atoms with Crippen LogP contribution in [0.25, 0.3) is 28.2 Å². The molecule has 0 bridgehead atoms. The normalized spacial score (nSPS) is 16.9. The van der Waals surface area contributed by atoms with E-state index < -0.39 is 0 Å². The van der Waals surface area contributed by atoms with E-state index in [1.54, 1.807) is 17.7 Å². The van der Waals surface area contributed by atoms with Gasteiger partial charge in [-0.1, -0.05) is 12.1 Å². The van der Waals surface area contributed by atoms with Gasteiger partial charge in [-0.3, -0.25) is 9.36 Å². The molecule has 1 aliphatic carbocycles. The molecule has 33 heavy (non-hydrogen) atoms. The van der Waals surface area contributed by atoms with Crippen LogP contribution in [0.2, 0.25) is 0 Å². The van der Waals surface area contributed by atoms with Gasteiger partial charge in [-0.25, -0.2) is 15.0 Å². The number of hydrogen-bond donors (Lipinski definition) is 1. The summed E-state index contributed by atoms with van der Waals surface area (Å²) in [6.45, 7) is 3.35. The average molecular weight is 460 g/mol. The fraction of sp³-hybridized carbons (Fsp3) is 0.333. The molecule has 1 aromatic carbocycles. The van der Waals surface area contributed by atoms with Gasteiger partial charge in [0.15, 0.2) is 22.8 Å². The zero-order valence-electron chi connectivity index (χ0n) is 18.4. The number of nitrogens with one attached hydrogen (secondary N) is 1. The highest BCUT2D eigenvalue weighted by Gasteiger charge is 2.25. The summed E-state index contributed by atoms with van der Waals surface area (Å²) in [5, 5.41) is 7.64. The lowest BCUT2D eigenvalue weighted by Crippen LogP contribution is -2.47. The third-order valence-electron chi connectivity index (χ3n) is 6.28. The van der Waals surface area contributed by atoms with Gasteiger partial charge in [0.1, 0.15) is 6.33 Å². The average Bonchev–Trinajstić information content (AvgIpc) is 3.31. The smallest absolute Gasteiger partial charge is 0.253 e. The molecule has 168 valence electrons. The van der Waals surface area contributed by atoms with Gasteiger partial charge in [0.2, 0.25) is 0 Å². The first-order chi connectivity index (χ1) is 16.2. The molecule has 0 atom stereocenters. The minimum Gasteiger partial charge on any atom is -0.365 e. The number of imidazole rings is 1. The maximum absolute atomic E-state index is 12.9. The van der Waals surface area contributed by atoms with E-state index in [4.69, 9.17) is 9.97 Å². The van der Waals surface area contributed by atoms with E-state index in [1.165, 1.54) is 0 Å². The van der Waals surface area contributed by atoms with E-state index >= 15 is 0 Å². The first-order valence-corrected chi connectivity index (χ1v) is 12.2. The highest BCUT2D eigenvalue weighted by atomic mass is 32.1. The Labute approximate surface area is 195 Å². The molecule has 1 N–H and O–H groups in total. The number of carbonyl (C=O) groups is 1. The van der Waals surface area contributed by atoms with Crippen molar-refractivity contribution in [3.05, 3.63) is 53.0 Å². The first-order valence-electron chi connectivity index (χ1n) is 11.3. The third-order valence-corrected chi connectivity index (χ3v) is 6.95. The van der Waals surface area contributed by atoms with Crippen molar-refractivity contribution in [1.29, 1.82) is 0 Å². The van der Waals surface area contributed by atoms with Gasteiger partial charge in [0.05, 0.1) is 5.69 Å². The molecule has 4 heterocycles. The number of nitrogens with zero attached hydrogens (tertiary/aromatic N) is 6. The molecular weight excluding hydrogens is 434 g/mol. The second-order valence-electron chi connectivity index (χ2n) is 8.76. The van der Waals surface area contributed by atoms with Crippen LogP contribution in [0.4, 0.5) is 5.82 Å². The fourth-order valence-corrected chi connectivity index (χ4v) is 4.72. The van der Waals surface area contributed by atoms with E-state index in [0.29, 0.717) is 17.4 Å². The Kier molecular flexibility index (Phi) is 5.07. The van der Waals surface area contributed by atoms with Crippen LogP contribution >= 0.6 is 11.3 Å². The SMILES string of the molecule is CN1CCN(C(=O)c2ccc(-c3nc(NC4CC4)c4ncn(-c5ccsc5)c4n3)cc2)CC1. The van der Waals surface area contributed by atoms with E-state index in [2.05, 4.69) is 33.7 Å². The lowest BCUT2D eigenvalue weighted by Gasteiger charge is -2.32. The van der Waals surface area contributed by atoms with Crippen LogP contribution in [0.5, 0.6) is 0 Å². The molecule has 1 amide bonds. The molecule has 3 aromatic heterocycles. The summed E-state index contributed by atoms with van der Waals surface area (Å²) in [7, 11) is 2.09. The summed E-state index contributed by atoms with van der Waals surface area (Å²) in [5.74, 6) is 1.47. The summed E-state index contributed by atoms with van der Waals surface area (Å²) < 4.78 is 2.00. The van der Waals surface area contributed by atoms with Crippen LogP contribution in [0.3, 0.4) is 0 Å². The Balaban J connectivity index is 1.34. The number of likely N-dealkylation sites (N-methyl/N-ethyl adjacent to an activating group) is 1. The van der Waals surface area contributed by atoms with Crippen molar-refractivity contribution in [2.75, 3.05) is 38.5 Å². The molecule has 9 heteroatoms. The highest BCUT2D eigenvalue weighted by Crippen LogP contribution is 2.31. The largest absolute Gasteiger partial charge is 0.365 e. The molecule has 1 saturated heterocycles. The van der Waals surface area contributed by atoms with Crippen molar-refractivity contribution in [3.8, 4) is 17.1 Å². The van der Waals surface area contributed by atoms with Gasteiger partial charge in [-0.05, 0) is 43.5 Å². The number of aromatic nitrogens is 4. The lowest BCUT2D eigenvalue weighted by atomic mass is 10.1. The summed E-state index contributed by atoms with van der Waals surface area (Å²) in [5.41, 5.74) is 4.17. The van der Waals surface area contributed by atoms with Crippen molar-refractivity contribution < 1.29 is 4.79 Å². The van der Waals surface area contributed by atoms with Gasteiger partial charge in [0.25, 0.3) is 5.91 Å². The highest BCUT2D eigenvalue weighted by molar-refractivity contribution is 7.08. The van der Waals surface area contributed by atoms with Crippen molar-refractivity contribution in [3.63, 3.8) is 0 Å². The van der Waals surface area contributed by atoms with Gasteiger partial charge in [0, 0.05) is 48.7 Å². The number of piperazine rings is 1. The maximum atomic E-state index is 12.9. The minimum atomic E-state index is 0.0812. The lowest BCUT2D eigenvalue weighted by molar-refractivity contribution is 0.0664. The fourth-order valence-electron chi connectivity index (χ4n) is 4.09. The summed E-state index contributed by atoms with van der Waals surface area (Å²) in [6.07, 6.45) is 4.10. The Bertz CT molecular complexity index is 1290. The number of hydrogen-bond acceptors (Lipinski definition) is 7. The molecule has 0 unspecified atom stereocenters. The van der Waals surface area contributed by atoms with Crippen molar-refractivity contribution in [1.82, 2.24) is 29.3 Å². The minimum absolute atomic E-state index is 0.0812. The number of fused-ring (bicyclic) bond motifs is 1. The van der Waals surface area contributed by atoms with E-state index in [9.17, 15) is 4.79 Å². The summed E-state index contributed by atoms with van der Waals surface area (Å²) in [6, 6.07) is 10.2. The number of amides is 1. The van der Waals surface area contributed by atoms with Crippen LogP contribution < -0.4 is 5.32 Å². The van der Waals surface area contributed by atoms with Gasteiger partial charge in [-0.2, -0.15) is 11.3 Å². The van der Waals surface area contributed by atoms with Crippen LogP contribution in [0.15, 0.2) is 47.4 Å². The Hall–Kier alpha value is -3.30. The second kappa shape index (κ2) is 8.24. The molecule has 2 fully saturated rings. The molecular formula is C24H25N7OS. The Morgan fingerprint density at radius 3 is 2.55 bits per heavy atom. The second-order valence-corrected chi connectivity index (χ2v) is 9.54. The predicted octanol–water partition coefficient (Wildman–Crippen LogP) is 3.51. The molecule has 4 aromatic rings.